The monoisotopic (exact) mass is 429 g/mol. The van der Waals surface area contributed by atoms with Gasteiger partial charge in [0.25, 0.3) is 5.92 Å². The molecule has 4 rings (SSSR count). The second-order valence-electron chi connectivity index (χ2n) is 9.60. The molecule has 0 bridgehead atoms. The van der Waals surface area contributed by atoms with Crippen LogP contribution in [-0.2, 0) is 11.2 Å². The third kappa shape index (κ3) is 4.14. The highest BCUT2D eigenvalue weighted by Crippen LogP contribution is 2.50. The molecule has 0 aromatic heterocycles. The van der Waals surface area contributed by atoms with Crippen LogP contribution in [0, 0.1) is 11.7 Å². The minimum Gasteiger partial charge on any atom is -0.493 e. The van der Waals surface area contributed by atoms with Crippen LogP contribution in [0.4, 0.5) is 13.2 Å². The molecule has 1 saturated heterocycles. The molecule has 1 aromatic rings. The average Bonchev–Trinajstić information content (AvgIpc) is 3.26. The van der Waals surface area contributed by atoms with Crippen LogP contribution in [0.1, 0.15) is 50.8 Å². The molecule has 1 N–H and O–H groups in total. The molecule has 2 fully saturated rings. The lowest BCUT2D eigenvalue weighted by Crippen LogP contribution is -2.53. The molecule has 3 aliphatic rings. The number of nitrogens with zero attached hydrogens (tertiary/aromatic N) is 1. The number of hydrogen-bond donors (Lipinski definition) is 1. The van der Waals surface area contributed by atoms with Gasteiger partial charge in [-0.05, 0) is 50.8 Å². The third-order valence-electron chi connectivity index (χ3n) is 6.19. The molecular formula is C22H30F3NO4. The predicted octanol–water partition coefficient (Wildman–Crippen LogP) is 3.72. The summed E-state index contributed by atoms with van der Waals surface area (Å²) in [4.78, 5) is 2.20. The van der Waals surface area contributed by atoms with Crippen molar-refractivity contribution in [2.24, 2.45) is 5.92 Å². The van der Waals surface area contributed by atoms with Gasteiger partial charge in [0.15, 0.2) is 17.3 Å². The minimum atomic E-state index is -2.72. The van der Waals surface area contributed by atoms with Crippen LogP contribution in [0.2, 0.25) is 0 Å². The van der Waals surface area contributed by atoms with E-state index in [1.54, 1.807) is 6.07 Å². The Hall–Kier alpha value is -1.51. The van der Waals surface area contributed by atoms with Crippen molar-refractivity contribution in [3.63, 3.8) is 0 Å². The molecule has 8 heteroatoms. The first-order chi connectivity index (χ1) is 14.0. The van der Waals surface area contributed by atoms with Gasteiger partial charge < -0.3 is 19.3 Å². The van der Waals surface area contributed by atoms with Crippen molar-refractivity contribution in [1.29, 1.82) is 0 Å². The fourth-order valence-electron chi connectivity index (χ4n) is 4.54. The van der Waals surface area contributed by atoms with E-state index >= 15 is 4.39 Å². The predicted molar refractivity (Wildman–Crippen MR) is 105 cm³/mol. The first-order valence-corrected chi connectivity index (χ1v) is 10.5. The molecule has 0 unspecified atom stereocenters. The number of hydrogen-bond acceptors (Lipinski definition) is 5. The van der Waals surface area contributed by atoms with Crippen molar-refractivity contribution < 1.29 is 32.5 Å². The maximum absolute atomic E-state index is 15.3. The quantitative estimate of drug-likeness (QED) is 0.773. The van der Waals surface area contributed by atoms with E-state index in [-0.39, 0.29) is 42.3 Å². The molecule has 1 aromatic carbocycles. The van der Waals surface area contributed by atoms with Crippen LogP contribution < -0.4 is 9.47 Å². The van der Waals surface area contributed by atoms with Gasteiger partial charge in [0.2, 0.25) is 0 Å². The number of ether oxygens (including phenoxy) is 3. The standard InChI is InChI=1S/C22H30F3NO4/c1-21(2,3)30-18-10-26-6-5-13-14(15(26)8-16(18)27)7-17(28-4)20(19(13)23)29-11-12-9-22(12,24)25/h7,12,15-16,18,27H,5-6,8-11H2,1-4H3/t12-,15-,16-,18-/m1/s1. The van der Waals surface area contributed by atoms with Gasteiger partial charge in [-0.25, -0.2) is 13.2 Å². The normalized spacial score (nSPS) is 30.4. The Labute approximate surface area is 175 Å². The number of aliphatic hydroxyl groups excluding tert-OH is 1. The fraction of sp³-hybridized carbons (Fsp3) is 0.727. The Bertz CT molecular complexity index is 811. The first kappa shape index (κ1) is 21.7. The van der Waals surface area contributed by atoms with Crippen LogP contribution in [0.3, 0.4) is 0 Å². The molecular weight excluding hydrogens is 399 g/mol. The molecule has 0 amide bonds. The molecule has 168 valence electrons. The van der Waals surface area contributed by atoms with Crippen molar-refractivity contribution in [2.75, 3.05) is 26.8 Å². The van der Waals surface area contributed by atoms with Crippen LogP contribution in [-0.4, -0.2) is 60.5 Å². The van der Waals surface area contributed by atoms with Gasteiger partial charge in [-0.1, -0.05) is 0 Å². The lowest BCUT2D eigenvalue weighted by Gasteiger charge is -2.46. The molecule has 1 saturated carbocycles. The summed E-state index contributed by atoms with van der Waals surface area (Å²) < 4.78 is 58.5. The molecule has 0 spiro atoms. The van der Waals surface area contributed by atoms with Gasteiger partial charge in [-0.2, -0.15) is 0 Å². The zero-order valence-corrected chi connectivity index (χ0v) is 17.9. The molecule has 4 atom stereocenters. The maximum Gasteiger partial charge on any atom is 0.255 e. The van der Waals surface area contributed by atoms with E-state index in [1.165, 1.54) is 7.11 Å². The van der Waals surface area contributed by atoms with Crippen molar-refractivity contribution in [1.82, 2.24) is 4.90 Å². The van der Waals surface area contributed by atoms with E-state index in [4.69, 9.17) is 14.2 Å². The summed E-state index contributed by atoms with van der Waals surface area (Å²) in [5.74, 6) is -4.04. The van der Waals surface area contributed by atoms with Crippen molar-refractivity contribution in [3.8, 4) is 11.5 Å². The van der Waals surface area contributed by atoms with E-state index < -0.39 is 23.8 Å². The maximum atomic E-state index is 15.3. The fourth-order valence-corrected chi connectivity index (χ4v) is 4.54. The van der Waals surface area contributed by atoms with Crippen molar-refractivity contribution >= 4 is 0 Å². The van der Waals surface area contributed by atoms with Crippen LogP contribution in [0.25, 0.3) is 0 Å². The second-order valence-corrected chi connectivity index (χ2v) is 9.60. The summed E-state index contributed by atoms with van der Waals surface area (Å²) in [6, 6.07) is 1.57. The lowest BCUT2D eigenvalue weighted by molar-refractivity contribution is -0.149. The number of fused-ring (bicyclic) bond motifs is 3. The van der Waals surface area contributed by atoms with Crippen molar-refractivity contribution in [2.45, 2.75) is 69.8 Å². The van der Waals surface area contributed by atoms with E-state index in [1.807, 2.05) is 20.8 Å². The van der Waals surface area contributed by atoms with E-state index in [0.29, 0.717) is 31.5 Å². The van der Waals surface area contributed by atoms with Gasteiger partial charge in [0, 0.05) is 25.6 Å². The summed E-state index contributed by atoms with van der Waals surface area (Å²) in [6.45, 7) is 6.81. The van der Waals surface area contributed by atoms with Crippen LogP contribution >= 0.6 is 0 Å². The molecule has 2 heterocycles. The highest BCUT2D eigenvalue weighted by molar-refractivity contribution is 5.51. The van der Waals surface area contributed by atoms with Crippen LogP contribution in [0.15, 0.2) is 6.07 Å². The van der Waals surface area contributed by atoms with E-state index in [9.17, 15) is 13.9 Å². The summed E-state index contributed by atoms with van der Waals surface area (Å²) in [5.41, 5.74) is 0.900. The highest BCUT2D eigenvalue weighted by atomic mass is 19.3. The Morgan fingerprint density at radius 3 is 2.60 bits per heavy atom. The number of methoxy groups -OCH3 is 1. The number of rotatable bonds is 5. The molecule has 0 radical (unpaired) electrons. The molecule has 30 heavy (non-hydrogen) atoms. The molecule has 5 nitrogen and oxygen atoms in total. The number of alkyl halides is 2. The zero-order valence-electron chi connectivity index (χ0n) is 17.9. The number of aliphatic hydroxyl groups is 1. The second kappa shape index (κ2) is 7.57. The molecule has 1 aliphatic carbocycles. The van der Waals surface area contributed by atoms with E-state index in [2.05, 4.69) is 4.90 Å². The molecule has 2 aliphatic heterocycles. The van der Waals surface area contributed by atoms with Gasteiger partial charge in [0.05, 0.1) is 37.4 Å². The SMILES string of the molecule is COc1cc2c(c(F)c1OC[C@H]1CC1(F)F)CCN1C[C@@H](OC(C)(C)C)[C@H](O)C[C@H]21. The Balaban J connectivity index is 1.57. The number of piperidine rings is 1. The highest BCUT2D eigenvalue weighted by Gasteiger charge is 2.57. The van der Waals surface area contributed by atoms with E-state index in [0.717, 1.165) is 5.56 Å². The summed E-state index contributed by atoms with van der Waals surface area (Å²) in [5, 5.41) is 10.7. The number of benzene rings is 1. The van der Waals surface area contributed by atoms with Gasteiger partial charge in [0.1, 0.15) is 0 Å². The summed E-state index contributed by atoms with van der Waals surface area (Å²) in [7, 11) is 1.41. The summed E-state index contributed by atoms with van der Waals surface area (Å²) >= 11 is 0. The lowest BCUT2D eigenvalue weighted by atomic mass is 9.84. The minimum absolute atomic E-state index is 0.0994. The largest absolute Gasteiger partial charge is 0.493 e. The Kier molecular flexibility index (Phi) is 5.48. The Morgan fingerprint density at radius 1 is 1.30 bits per heavy atom. The average molecular weight is 429 g/mol. The smallest absolute Gasteiger partial charge is 0.255 e. The van der Waals surface area contributed by atoms with Gasteiger partial charge in [-0.3, -0.25) is 4.90 Å². The third-order valence-corrected chi connectivity index (χ3v) is 6.19. The first-order valence-electron chi connectivity index (χ1n) is 10.5. The van der Waals surface area contributed by atoms with Gasteiger partial charge >= 0.3 is 0 Å². The summed E-state index contributed by atoms with van der Waals surface area (Å²) in [6.07, 6.45) is -0.314. The topological polar surface area (TPSA) is 51.2 Å². The number of halogens is 3. The van der Waals surface area contributed by atoms with Crippen molar-refractivity contribution in [3.05, 3.63) is 23.0 Å². The van der Waals surface area contributed by atoms with Gasteiger partial charge in [-0.15, -0.1) is 0 Å². The Morgan fingerprint density at radius 2 is 2.00 bits per heavy atom. The zero-order chi connectivity index (χ0) is 21.8. The van der Waals surface area contributed by atoms with Crippen LogP contribution in [0.5, 0.6) is 11.5 Å².